The highest BCUT2D eigenvalue weighted by atomic mass is 16.5. The van der Waals surface area contributed by atoms with E-state index in [0.717, 1.165) is 12.8 Å². The van der Waals surface area contributed by atoms with Crippen LogP contribution in [0, 0.1) is 5.41 Å². The first-order valence-electron chi connectivity index (χ1n) is 7.42. The second-order valence-corrected chi connectivity index (χ2v) is 4.91. The summed E-state index contributed by atoms with van der Waals surface area (Å²) >= 11 is 0. The molecule has 0 aromatic rings. The third-order valence-electron chi connectivity index (χ3n) is 3.25. The van der Waals surface area contributed by atoms with Gasteiger partial charge in [-0.3, -0.25) is 5.41 Å². The molecule has 0 saturated carbocycles. The van der Waals surface area contributed by atoms with Crippen LogP contribution < -0.4 is 0 Å². The van der Waals surface area contributed by atoms with E-state index in [4.69, 9.17) is 10.1 Å². The van der Waals surface area contributed by atoms with Gasteiger partial charge in [-0.15, -0.1) is 0 Å². The van der Waals surface area contributed by atoms with Crippen molar-refractivity contribution in [1.29, 1.82) is 5.41 Å². The molecule has 0 aliphatic rings. The van der Waals surface area contributed by atoms with Gasteiger partial charge in [-0.2, -0.15) is 0 Å². The predicted molar refractivity (Wildman–Crippen MR) is 75.8 cm³/mol. The smallest absolute Gasteiger partial charge is 0.180 e. The fourth-order valence-corrected chi connectivity index (χ4v) is 2.05. The van der Waals surface area contributed by atoms with Gasteiger partial charge < -0.3 is 4.74 Å². The molecule has 0 radical (unpaired) electrons. The lowest BCUT2D eigenvalue weighted by Crippen LogP contribution is -1.97. The lowest BCUT2D eigenvalue weighted by atomic mass is 10.1. The van der Waals surface area contributed by atoms with E-state index in [0.29, 0.717) is 5.90 Å². The lowest BCUT2D eigenvalue weighted by Gasteiger charge is -2.03. The zero-order chi connectivity index (χ0) is 12.8. The Hall–Kier alpha value is -0.530. The SMILES string of the molecule is CCCCCCCCCCCCCC(=N)OC. The second kappa shape index (κ2) is 13.5. The Morgan fingerprint density at radius 1 is 0.765 bits per heavy atom. The van der Waals surface area contributed by atoms with Crippen LogP contribution in [0.4, 0.5) is 0 Å². The van der Waals surface area contributed by atoms with E-state index in [-0.39, 0.29) is 0 Å². The normalized spacial score (nSPS) is 10.5. The molecular weight excluding hydrogens is 210 g/mol. The monoisotopic (exact) mass is 241 g/mol. The molecule has 0 saturated heterocycles. The van der Waals surface area contributed by atoms with E-state index >= 15 is 0 Å². The molecule has 0 amide bonds. The zero-order valence-electron chi connectivity index (χ0n) is 11.9. The van der Waals surface area contributed by atoms with Crippen LogP contribution in [0.2, 0.25) is 0 Å². The Labute approximate surface area is 108 Å². The summed E-state index contributed by atoms with van der Waals surface area (Å²) in [6.07, 6.45) is 15.7. The summed E-state index contributed by atoms with van der Waals surface area (Å²) in [7, 11) is 1.58. The molecular formula is C15H31NO. The van der Waals surface area contributed by atoms with Gasteiger partial charge in [0.25, 0.3) is 0 Å². The third-order valence-corrected chi connectivity index (χ3v) is 3.25. The van der Waals surface area contributed by atoms with Gasteiger partial charge in [-0.05, 0) is 6.42 Å². The van der Waals surface area contributed by atoms with Crippen LogP contribution in [0.3, 0.4) is 0 Å². The Balaban J connectivity index is 2.96. The minimum Gasteiger partial charge on any atom is -0.484 e. The highest BCUT2D eigenvalue weighted by Crippen LogP contribution is 2.11. The minimum absolute atomic E-state index is 0.431. The molecule has 0 atom stereocenters. The first kappa shape index (κ1) is 16.5. The van der Waals surface area contributed by atoms with Crippen LogP contribution in [-0.4, -0.2) is 13.0 Å². The van der Waals surface area contributed by atoms with Crippen LogP contribution in [0.15, 0.2) is 0 Å². The van der Waals surface area contributed by atoms with Crippen LogP contribution in [-0.2, 0) is 4.74 Å². The van der Waals surface area contributed by atoms with Gasteiger partial charge in [0.15, 0.2) is 5.90 Å². The number of unbranched alkanes of at least 4 members (excludes halogenated alkanes) is 10. The first-order chi connectivity index (χ1) is 8.31. The van der Waals surface area contributed by atoms with Gasteiger partial charge in [0.05, 0.1) is 7.11 Å². The molecule has 0 heterocycles. The van der Waals surface area contributed by atoms with E-state index in [1.807, 2.05) is 0 Å². The average Bonchev–Trinajstić information content (AvgIpc) is 2.35. The second-order valence-electron chi connectivity index (χ2n) is 4.91. The Kier molecular flexibility index (Phi) is 13.1. The van der Waals surface area contributed by atoms with Crippen molar-refractivity contribution in [3.63, 3.8) is 0 Å². The first-order valence-corrected chi connectivity index (χ1v) is 7.42. The van der Waals surface area contributed by atoms with Gasteiger partial charge in [0, 0.05) is 6.42 Å². The molecule has 2 heteroatoms. The van der Waals surface area contributed by atoms with Crippen LogP contribution >= 0.6 is 0 Å². The number of rotatable bonds is 12. The van der Waals surface area contributed by atoms with Crippen LogP contribution in [0.25, 0.3) is 0 Å². The summed E-state index contributed by atoms with van der Waals surface area (Å²) in [5.41, 5.74) is 0. The van der Waals surface area contributed by atoms with E-state index < -0.39 is 0 Å². The highest BCUT2D eigenvalue weighted by Gasteiger charge is 1.96. The van der Waals surface area contributed by atoms with Crippen molar-refractivity contribution < 1.29 is 4.74 Å². The maximum atomic E-state index is 7.34. The van der Waals surface area contributed by atoms with Crippen molar-refractivity contribution >= 4 is 5.90 Å². The maximum absolute atomic E-state index is 7.34. The van der Waals surface area contributed by atoms with Crippen molar-refractivity contribution in [3.05, 3.63) is 0 Å². The number of nitrogens with one attached hydrogen (secondary N) is 1. The van der Waals surface area contributed by atoms with E-state index in [2.05, 4.69) is 6.92 Å². The van der Waals surface area contributed by atoms with E-state index in [9.17, 15) is 0 Å². The molecule has 0 aromatic heterocycles. The van der Waals surface area contributed by atoms with Crippen LogP contribution in [0.1, 0.15) is 84.0 Å². The summed E-state index contributed by atoms with van der Waals surface area (Å²) in [6, 6.07) is 0. The largest absolute Gasteiger partial charge is 0.484 e. The highest BCUT2D eigenvalue weighted by molar-refractivity contribution is 5.72. The molecule has 0 aliphatic heterocycles. The molecule has 2 nitrogen and oxygen atoms in total. The number of methoxy groups -OCH3 is 1. The standard InChI is InChI=1S/C15H31NO/c1-3-4-5-6-7-8-9-10-11-12-13-14-15(16)17-2/h16H,3-14H2,1-2H3. The topological polar surface area (TPSA) is 33.1 Å². The molecule has 1 N–H and O–H groups in total. The summed E-state index contributed by atoms with van der Waals surface area (Å²) in [4.78, 5) is 0. The minimum atomic E-state index is 0.431. The van der Waals surface area contributed by atoms with Gasteiger partial charge in [0.2, 0.25) is 0 Å². The molecule has 0 spiro atoms. The van der Waals surface area contributed by atoms with Gasteiger partial charge >= 0.3 is 0 Å². The van der Waals surface area contributed by atoms with Gasteiger partial charge in [-0.25, -0.2) is 0 Å². The molecule has 0 unspecified atom stereocenters. The molecule has 0 bridgehead atoms. The van der Waals surface area contributed by atoms with E-state index in [1.165, 1.54) is 64.2 Å². The van der Waals surface area contributed by atoms with Gasteiger partial charge in [-0.1, -0.05) is 71.1 Å². The summed E-state index contributed by atoms with van der Waals surface area (Å²) in [6.45, 7) is 2.27. The number of ether oxygens (including phenoxy) is 1. The number of hydrogen-bond acceptors (Lipinski definition) is 2. The van der Waals surface area contributed by atoms with Gasteiger partial charge in [0.1, 0.15) is 0 Å². The molecule has 0 aliphatic carbocycles. The number of hydrogen-bond donors (Lipinski definition) is 1. The summed E-state index contributed by atoms with van der Waals surface area (Å²) in [5.74, 6) is 0.431. The maximum Gasteiger partial charge on any atom is 0.180 e. The lowest BCUT2D eigenvalue weighted by molar-refractivity contribution is 0.382. The molecule has 0 fully saturated rings. The zero-order valence-corrected chi connectivity index (χ0v) is 11.9. The summed E-state index contributed by atoms with van der Waals surface area (Å²) < 4.78 is 4.83. The van der Waals surface area contributed by atoms with Crippen molar-refractivity contribution in [2.75, 3.05) is 7.11 Å². The average molecular weight is 241 g/mol. The fourth-order valence-electron chi connectivity index (χ4n) is 2.05. The van der Waals surface area contributed by atoms with Crippen molar-refractivity contribution in [1.82, 2.24) is 0 Å². The third kappa shape index (κ3) is 13.4. The Bertz CT molecular complexity index is 168. The Morgan fingerprint density at radius 3 is 1.59 bits per heavy atom. The molecule has 0 aromatic carbocycles. The van der Waals surface area contributed by atoms with E-state index in [1.54, 1.807) is 7.11 Å². The predicted octanol–water partition coefficient (Wildman–Crippen LogP) is 5.31. The fraction of sp³-hybridized carbons (Fsp3) is 0.933. The van der Waals surface area contributed by atoms with Crippen molar-refractivity contribution in [3.8, 4) is 0 Å². The molecule has 0 rings (SSSR count). The summed E-state index contributed by atoms with van der Waals surface area (Å²) in [5, 5.41) is 7.34. The molecule has 17 heavy (non-hydrogen) atoms. The quantitative estimate of drug-likeness (QED) is 0.280. The van der Waals surface area contributed by atoms with Crippen molar-refractivity contribution in [2.45, 2.75) is 84.0 Å². The molecule has 102 valence electrons. The Morgan fingerprint density at radius 2 is 1.18 bits per heavy atom. The van der Waals surface area contributed by atoms with Crippen molar-refractivity contribution in [2.24, 2.45) is 0 Å². The van der Waals surface area contributed by atoms with Crippen LogP contribution in [0.5, 0.6) is 0 Å².